The summed E-state index contributed by atoms with van der Waals surface area (Å²) in [5.41, 5.74) is 2.01. The average Bonchev–Trinajstić information content (AvgIpc) is 2.17. The second kappa shape index (κ2) is 2.70. The highest BCUT2D eigenvalue weighted by Crippen LogP contribution is 2.08. The number of hydrogen-bond acceptors (Lipinski definition) is 3. The normalized spacial score (nSPS) is 10.0. The molecule has 0 atom stereocenters. The third-order valence-corrected chi connectivity index (χ3v) is 1.59. The molecule has 0 N–H and O–H groups in total. The van der Waals surface area contributed by atoms with Gasteiger partial charge in [0.1, 0.15) is 0 Å². The summed E-state index contributed by atoms with van der Waals surface area (Å²) in [6, 6.07) is 5.09. The van der Waals surface area contributed by atoms with E-state index in [0.29, 0.717) is 5.56 Å². The Labute approximate surface area is 69.1 Å². The lowest BCUT2D eigenvalue weighted by atomic mass is 10.2. The van der Waals surface area contributed by atoms with E-state index in [1.54, 1.807) is 36.9 Å². The van der Waals surface area contributed by atoms with Crippen LogP contribution in [0.2, 0.25) is 0 Å². The summed E-state index contributed by atoms with van der Waals surface area (Å²) >= 11 is 0. The summed E-state index contributed by atoms with van der Waals surface area (Å²) in [6.45, 7) is 0. The molecule has 0 spiro atoms. The van der Waals surface area contributed by atoms with Crippen LogP contribution in [0.1, 0.15) is 5.56 Å². The highest BCUT2D eigenvalue weighted by molar-refractivity contribution is 5.84. The molecule has 0 fully saturated rings. The van der Waals surface area contributed by atoms with Gasteiger partial charge in [-0.25, -0.2) is 0 Å². The largest absolute Gasteiger partial charge is 0.285 e. The molecule has 1 aromatic heterocycles. The van der Waals surface area contributed by atoms with Crippen molar-refractivity contribution in [3.8, 4) is 0 Å². The minimum Gasteiger partial charge on any atom is -0.285 e. The van der Waals surface area contributed by atoms with Crippen LogP contribution in [0, 0.1) is 0 Å². The zero-order chi connectivity index (χ0) is 8.39. The maximum absolute atomic E-state index is 10.3. The van der Waals surface area contributed by atoms with Crippen LogP contribution in [-0.4, -0.2) is 16.3 Å². The maximum atomic E-state index is 10.3. The predicted octanol–water partition coefficient (Wildman–Crippen LogP) is 1.09. The molecule has 0 unspecified atom stereocenters. The molecule has 57 valence electrons. The lowest BCUT2D eigenvalue weighted by Crippen LogP contribution is -1.84. The molecule has 3 heteroatoms. The number of nitrogens with zero attached hydrogens (tertiary/aromatic N) is 2. The summed E-state index contributed by atoms with van der Waals surface area (Å²) in [5.74, 6) is 0. The van der Waals surface area contributed by atoms with Crippen LogP contribution < -0.4 is 0 Å². The molecule has 1 radical (unpaired) electrons. The van der Waals surface area contributed by atoms with Gasteiger partial charge in [0.2, 0.25) is 6.29 Å². The van der Waals surface area contributed by atoms with Crippen molar-refractivity contribution in [1.82, 2.24) is 9.97 Å². The monoisotopic (exact) mass is 157 g/mol. The molecule has 0 saturated carbocycles. The van der Waals surface area contributed by atoms with Crippen LogP contribution >= 0.6 is 0 Å². The number of carbonyl (C=O) groups excluding carboxylic acids is 1. The van der Waals surface area contributed by atoms with Gasteiger partial charge in [-0.2, -0.15) is 0 Å². The van der Waals surface area contributed by atoms with Crippen molar-refractivity contribution in [1.29, 1.82) is 0 Å². The number of hydrogen-bond donors (Lipinski definition) is 0. The minimum atomic E-state index is 0.503. The first-order valence-corrected chi connectivity index (χ1v) is 3.49. The maximum Gasteiger partial charge on any atom is 0.233 e. The van der Waals surface area contributed by atoms with Gasteiger partial charge in [-0.1, -0.05) is 0 Å². The Hall–Kier alpha value is -1.77. The molecular weight excluding hydrogens is 152 g/mol. The van der Waals surface area contributed by atoms with E-state index in [0.717, 1.165) is 11.0 Å². The fraction of sp³-hybridized carbons (Fsp3) is 0. The Bertz CT molecular complexity index is 426. The Balaban J connectivity index is 2.75. The summed E-state index contributed by atoms with van der Waals surface area (Å²) < 4.78 is 0. The van der Waals surface area contributed by atoms with Crippen LogP contribution in [-0.2, 0) is 4.79 Å². The lowest BCUT2D eigenvalue weighted by Gasteiger charge is -1.94. The number of fused-ring (bicyclic) bond motifs is 1. The summed E-state index contributed by atoms with van der Waals surface area (Å²) in [5, 5.41) is 0. The van der Waals surface area contributed by atoms with E-state index >= 15 is 0 Å². The zero-order valence-corrected chi connectivity index (χ0v) is 6.19. The van der Waals surface area contributed by atoms with Crippen LogP contribution in [0.5, 0.6) is 0 Å². The molecule has 2 aromatic rings. The standard InChI is InChI=1S/C9H5N2O/c12-6-7-1-2-8-9(5-7)11-4-3-10-8/h1-5H. The van der Waals surface area contributed by atoms with Crippen molar-refractivity contribution in [2.45, 2.75) is 0 Å². The van der Waals surface area contributed by atoms with Crippen LogP contribution in [0.4, 0.5) is 0 Å². The van der Waals surface area contributed by atoms with Gasteiger partial charge >= 0.3 is 0 Å². The molecule has 3 nitrogen and oxygen atoms in total. The van der Waals surface area contributed by atoms with Crippen molar-refractivity contribution >= 4 is 17.3 Å². The minimum absolute atomic E-state index is 0.503. The summed E-state index contributed by atoms with van der Waals surface area (Å²) in [6.07, 6.45) is 5.01. The lowest BCUT2D eigenvalue weighted by molar-refractivity contribution is 0.563. The second-order valence-corrected chi connectivity index (χ2v) is 2.36. The van der Waals surface area contributed by atoms with Gasteiger partial charge in [0, 0.05) is 18.0 Å². The van der Waals surface area contributed by atoms with Crippen molar-refractivity contribution in [2.75, 3.05) is 0 Å². The van der Waals surface area contributed by atoms with E-state index < -0.39 is 0 Å². The Morgan fingerprint density at radius 1 is 1.08 bits per heavy atom. The summed E-state index contributed by atoms with van der Waals surface area (Å²) in [4.78, 5) is 18.4. The molecule has 0 bridgehead atoms. The van der Waals surface area contributed by atoms with Gasteiger partial charge in [-0.3, -0.25) is 14.8 Å². The van der Waals surface area contributed by atoms with E-state index in [1.807, 2.05) is 0 Å². The summed E-state index contributed by atoms with van der Waals surface area (Å²) in [7, 11) is 0. The fourth-order valence-electron chi connectivity index (χ4n) is 1.03. The first-order valence-electron chi connectivity index (χ1n) is 3.49. The van der Waals surface area contributed by atoms with Crippen LogP contribution in [0.15, 0.2) is 30.6 Å². The molecule has 0 aliphatic rings. The quantitative estimate of drug-likeness (QED) is 0.622. The average molecular weight is 157 g/mol. The van der Waals surface area contributed by atoms with Crippen molar-refractivity contribution in [2.24, 2.45) is 0 Å². The molecule has 0 aliphatic heterocycles. The number of benzene rings is 1. The van der Waals surface area contributed by atoms with Gasteiger partial charge in [-0.05, 0) is 18.2 Å². The SMILES string of the molecule is O=[C]c1ccc2nccnc2c1. The highest BCUT2D eigenvalue weighted by Gasteiger charge is 1.96. The Morgan fingerprint density at radius 2 is 1.83 bits per heavy atom. The molecule has 0 saturated heterocycles. The molecule has 0 amide bonds. The van der Waals surface area contributed by atoms with Gasteiger partial charge in [-0.15, -0.1) is 0 Å². The number of aromatic nitrogens is 2. The van der Waals surface area contributed by atoms with E-state index in [2.05, 4.69) is 9.97 Å². The topological polar surface area (TPSA) is 42.9 Å². The first kappa shape index (κ1) is 6.91. The zero-order valence-electron chi connectivity index (χ0n) is 6.19. The van der Waals surface area contributed by atoms with Gasteiger partial charge in [0.25, 0.3) is 0 Å². The van der Waals surface area contributed by atoms with E-state index in [9.17, 15) is 4.79 Å². The van der Waals surface area contributed by atoms with Crippen molar-refractivity contribution in [3.05, 3.63) is 36.2 Å². The van der Waals surface area contributed by atoms with Gasteiger partial charge in [0.15, 0.2) is 0 Å². The molecular formula is C9H5N2O. The smallest absolute Gasteiger partial charge is 0.233 e. The molecule has 1 heterocycles. The molecule has 2 rings (SSSR count). The third-order valence-electron chi connectivity index (χ3n) is 1.59. The van der Waals surface area contributed by atoms with E-state index in [4.69, 9.17) is 0 Å². The van der Waals surface area contributed by atoms with Gasteiger partial charge in [0.05, 0.1) is 11.0 Å². The fourth-order valence-corrected chi connectivity index (χ4v) is 1.03. The first-order chi connectivity index (χ1) is 5.90. The van der Waals surface area contributed by atoms with Crippen LogP contribution in [0.25, 0.3) is 11.0 Å². The van der Waals surface area contributed by atoms with E-state index in [1.165, 1.54) is 0 Å². The molecule has 1 aromatic carbocycles. The Kier molecular flexibility index (Phi) is 1.55. The molecule has 0 aliphatic carbocycles. The third kappa shape index (κ3) is 1.05. The molecule has 12 heavy (non-hydrogen) atoms. The predicted molar refractivity (Wildman–Crippen MR) is 44.3 cm³/mol. The van der Waals surface area contributed by atoms with Crippen molar-refractivity contribution in [3.63, 3.8) is 0 Å². The number of rotatable bonds is 1. The second-order valence-electron chi connectivity index (χ2n) is 2.36. The highest BCUT2D eigenvalue weighted by atomic mass is 16.1. The van der Waals surface area contributed by atoms with Crippen molar-refractivity contribution < 1.29 is 4.79 Å². The van der Waals surface area contributed by atoms with E-state index in [-0.39, 0.29) is 0 Å². The van der Waals surface area contributed by atoms with Crippen LogP contribution in [0.3, 0.4) is 0 Å². The van der Waals surface area contributed by atoms with Gasteiger partial charge < -0.3 is 0 Å². The Morgan fingerprint density at radius 3 is 2.58 bits per heavy atom.